The van der Waals surface area contributed by atoms with Crippen LogP contribution in [-0.2, 0) is 0 Å². The van der Waals surface area contributed by atoms with Crippen LogP contribution in [0.25, 0.3) is 6.08 Å². The van der Waals surface area contributed by atoms with Crippen LogP contribution in [0, 0.1) is 6.92 Å². The molecule has 1 atom stereocenters. The quantitative estimate of drug-likeness (QED) is 0.659. The maximum Gasteiger partial charge on any atom is 0.0284 e. The topological polar surface area (TPSA) is 3.24 Å². The van der Waals surface area contributed by atoms with E-state index in [9.17, 15) is 0 Å². The Kier molecular flexibility index (Phi) is 6.67. The van der Waals surface area contributed by atoms with Gasteiger partial charge in [0.15, 0.2) is 0 Å². The van der Waals surface area contributed by atoms with Crippen LogP contribution in [0.1, 0.15) is 44.2 Å². The Morgan fingerprint density at radius 1 is 1.27 bits per heavy atom. The van der Waals surface area contributed by atoms with Gasteiger partial charge in [-0.15, -0.1) is 0 Å². The molecule has 1 fully saturated rings. The Balaban J connectivity index is 2.05. The first-order valence-electron chi connectivity index (χ1n) is 8.47. The SMILES string of the molecule is C/C=C\C=C(/C)CN1CCCCC1/C=C/c1ccccc1C. The lowest BCUT2D eigenvalue weighted by Crippen LogP contribution is -2.39. The molecular formula is C21H29N. The molecule has 0 saturated carbocycles. The van der Waals surface area contributed by atoms with Crippen LogP contribution in [0.3, 0.4) is 0 Å². The highest BCUT2D eigenvalue weighted by atomic mass is 15.2. The molecule has 1 aromatic rings. The highest BCUT2D eigenvalue weighted by Crippen LogP contribution is 2.21. The largest absolute Gasteiger partial charge is 0.293 e. The third kappa shape index (κ3) is 4.99. The average molecular weight is 295 g/mol. The van der Waals surface area contributed by atoms with Crippen LogP contribution in [0.5, 0.6) is 0 Å². The first-order valence-corrected chi connectivity index (χ1v) is 8.47. The highest BCUT2D eigenvalue weighted by Gasteiger charge is 2.19. The van der Waals surface area contributed by atoms with Gasteiger partial charge in [0.25, 0.3) is 0 Å². The van der Waals surface area contributed by atoms with Crippen molar-refractivity contribution in [2.24, 2.45) is 0 Å². The predicted molar refractivity (Wildman–Crippen MR) is 98.0 cm³/mol. The number of aryl methyl sites for hydroxylation is 1. The number of hydrogen-bond donors (Lipinski definition) is 0. The summed E-state index contributed by atoms with van der Waals surface area (Å²) in [4.78, 5) is 2.62. The molecule has 0 aliphatic carbocycles. The molecule has 1 heterocycles. The summed E-state index contributed by atoms with van der Waals surface area (Å²) in [6.45, 7) is 8.77. The van der Waals surface area contributed by atoms with E-state index in [1.807, 2.05) is 0 Å². The van der Waals surface area contributed by atoms with Crippen molar-refractivity contribution in [3.8, 4) is 0 Å². The summed E-state index contributed by atoms with van der Waals surface area (Å²) in [6.07, 6.45) is 15.1. The second-order valence-corrected chi connectivity index (χ2v) is 6.29. The molecule has 0 aromatic heterocycles. The molecule has 22 heavy (non-hydrogen) atoms. The first kappa shape index (κ1) is 16.8. The molecule has 118 valence electrons. The van der Waals surface area contributed by atoms with Gasteiger partial charge in [0.05, 0.1) is 0 Å². The average Bonchev–Trinajstić information content (AvgIpc) is 2.53. The highest BCUT2D eigenvalue weighted by molar-refractivity contribution is 5.53. The van der Waals surface area contributed by atoms with Gasteiger partial charge in [-0.3, -0.25) is 4.90 Å². The van der Waals surface area contributed by atoms with Gasteiger partial charge >= 0.3 is 0 Å². The fourth-order valence-corrected chi connectivity index (χ4v) is 3.05. The van der Waals surface area contributed by atoms with Gasteiger partial charge in [0, 0.05) is 12.6 Å². The summed E-state index contributed by atoms with van der Waals surface area (Å²) >= 11 is 0. The van der Waals surface area contributed by atoms with E-state index in [1.165, 1.54) is 42.5 Å². The van der Waals surface area contributed by atoms with Crippen LogP contribution >= 0.6 is 0 Å². The van der Waals surface area contributed by atoms with Crippen molar-refractivity contribution >= 4 is 6.08 Å². The van der Waals surface area contributed by atoms with Gasteiger partial charge < -0.3 is 0 Å². The minimum Gasteiger partial charge on any atom is -0.293 e. The molecule has 1 saturated heterocycles. The fraction of sp³-hybridized carbons (Fsp3) is 0.429. The van der Waals surface area contributed by atoms with Crippen LogP contribution in [0.15, 0.2) is 54.1 Å². The molecule has 1 unspecified atom stereocenters. The van der Waals surface area contributed by atoms with Gasteiger partial charge in [-0.1, -0.05) is 66.6 Å². The van der Waals surface area contributed by atoms with Crippen LogP contribution in [-0.4, -0.2) is 24.0 Å². The molecule has 1 aromatic carbocycles. The first-order chi connectivity index (χ1) is 10.7. The Hall–Kier alpha value is -1.60. The van der Waals surface area contributed by atoms with Gasteiger partial charge in [0.2, 0.25) is 0 Å². The zero-order valence-electron chi connectivity index (χ0n) is 14.3. The van der Waals surface area contributed by atoms with E-state index in [2.05, 4.69) is 80.3 Å². The van der Waals surface area contributed by atoms with Crippen molar-refractivity contribution in [3.05, 3.63) is 65.3 Å². The van der Waals surface area contributed by atoms with Crippen molar-refractivity contribution in [2.75, 3.05) is 13.1 Å². The Morgan fingerprint density at radius 3 is 2.86 bits per heavy atom. The zero-order valence-corrected chi connectivity index (χ0v) is 14.3. The van der Waals surface area contributed by atoms with E-state index in [0.717, 1.165) is 6.54 Å². The monoisotopic (exact) mass is 295 g/mol. The van der Waals surface area contributed by atoms with E-state index in [4.69, 9.17) is 0 Å². The number of piperidine rings is 1. The van der Waals surface area contributed by atoms with E-state index in [-0.39, 0.29) is 0 Å². The summed E-state index contributed by atoms with van der Waals surface area (Å²) in [7, 11) is 0. The lowest BCUT2D eigenvalue weighted by atomic mass is 9.99. The van der Waals surface area contributed by atoms with Crippen molar-refractivity contribution in [3.63, 3.8) is 0 Å². The molecule has 0 radical (unpaired) electrons. The van der Waals surface area contributed by atoms with Gasteiger partial charge in [-0.2, -0.15) is 0 Å². The van der Waals surface area contributed by atoms with Crippen LogP contribution in [0.4, 0.5) is 0 Å². The summed E-state index contributed by atoms with van der Waals surface area (Å²) in [5.74, 6) is 0. The van der Waals surface area contributed by atoms with Gasteiger partial charge in [-0.05, 0) is 51.3 Å². The van der Waals surface area contributed by atoms with Crippen molar-refractivity contribution in [1.29, 1.82) is 0 Å². The summed E-state index contributed by atoms with van der Waals surface area (Å²) < 4.78 is 0. The smallest absolute Gasteiger partial charge is 0.0284 e. The summed E-state index contributed by atoms with van der Waals surface area (Å²) in [5.41, 5.74) is 4.13. The minimum absolute atomic E-state index is 0.572. The Bertz CT molecular complexity index is 551. The van der Waals surface area contributed by atoms with E-state index in [0.29, 0.717) is 6.04 Å². The maximum atomic E-state index is 2.62. The third-order valence-electron chi connectivity index (χ3n) is 4.38. The number of hydrogen-bond acceptors (Lipinski definition) is 1. The van der Waals surface area contributed by atoms with E-state index in [1.54, 1.807) is 0 Å². The van der Waals surface area contributed by atoms with Crippen molar-refractivity contribution in [1.82, 2.24) is 4.90 Å². The summed E-state index contributed by atoms with van der Waals surface area (Å²) in [5, 5.41) is 0. The van der Waals surface area contributed by atoms with Crippen molar-refractivity contribution < 1.29 is 0 Å². The number of nitrogens with zero attached hydrogens (tertiary/aromatic N) is 1. The number of allylic oxidation sites excluding steroid dienone is 3. The minimum atomic E-state index is 0.572. The zero-order chi connectivity index (χ0) is 15.8. The predicted octanol–water partition coefficient (Wildman–Crippen LogP) is 5.39. The van der Waals surface area contributed by atoms with Gasteiger partial charge in [0.1, 0.15) is 0 Å². The van der Waals surface area contributed by atoms with Crippen molar-refractivity contribution in [2.45, 2.75) is 46.1 Å². The number of rotatable bonds is 5. The van der Waals surface area contributed by atoms with Crippen LogP contribution < -0.4 is 0 Å². The Labute approximate surface area is 136 Å². The molecule has 2 rings (SSSR count). The lowest BCUT2D eigenvalue weighted by molar-refractivity contribution is 0.195. The van der Waals surface area contributed by atoms with Crippen LogP contribution in [0.2, 0.25) is 0 Å². The fourth-order valence-electron chi connectivity index (χ4n) is 3.05. The molecule has 0 N–H and O–H groups in total. The standard InChI is InChI=1S/C21H29N/c1-4-5-10-18(2)17-22-16-9-8-13-21(22)15-14-20-12-7-6-11-19(20)3/h4-7,10-12,14-15,21H,8-9,13,16-17H2,1-3H3/b5-4-,15-14+,18-10+. The normalized spacial score (nSPS) is 21.0. The van der Waals surface area contributed by atoms with E-state index >= 15 is 0 Å². The molecule has 0 spiro atoms. The third-order valence-corrected chi connectivity index (χ3v) is 4.38. The molecular weight excluding hydrogens is 266 g/mol. The molecule has 1 heteroatoms. The number of likely N-dealkylation sites (tertiary alicyclic amines) is 1. The summed E-state index contributed by atoms with van der Waals surface area (Å²) in [6, 6.07) is 9.19. The molecule has 0 amide bonds. The molecule has 1 nitrogen and oxygen atoms in total. The maximum absolute atomic E-state index is 2.62. The molecule has 1 aliphatic heterocycles. The number of benzene rings is 1. The molecule has 0 bridgehead atoms. The van der Waals surface area contributed by atoms with Gasteiger partial charge in [-0.25, -0.2) is 0 Å². The lowest BCUT2D eigenvalue weighted by Gasteiger charge is -2.34. The Morgan fingerprint density at radius 2 is 2.09 bits per heavy atom. The second kappa shape index (κ2) is 8.75. The second-order valence-electron chi connectivity index (χ2n) is 6.29. The molecule has 1 aliphatic rings. The van der Waals surface area contributed by atoms with E-state index < -0.39 is 0 Å².